The van der Waals surface area contributed by atoms with Gasteiger partial charge in [0.1, 0.15) is 0 Å². The molecule has 0 aromatic carbocycles. The Morgan fingerprint density at radius 2 is 2.06 bits per heavy atom. The Balaban J connectivity index is 2.40. The molecule has 0 saturated heterocycles. The molecule has 1 atom stereocenters. The Morgan fingerprint density at radius 3 is 2.56 bits per heavy atom. The third kappa shape index (κ3) is 4.31. The Bertz CT molecular complexity index is 279. The standard InChI is InChI=1S/C14H24N2/c1-4-7-13(6-3)16-11-14-9-8-12(5-2)10-15-14/h8-10,13,16H,4-7,11H2,1-3H3. The smallest absolute Gasteiger partial charge is 0.0541 e. The molecule has 0 aliphatic heterocycles. The molecule has 1 aromatic heterocycles. The minimum absolute atomic E-state index is 0.637. The second-order valence-corrected chi connectivity index (χ2v) is 4.29. The molecule has 0 amide bonds. The first kappa shape index (κ1) is 13.2. The molecule has 0 aliphatic rings. The first-order chi connectivity index (χ1) is 7.80. The fraction of sp³-hybridized carbons (Fsp3) is 0.643. The lowest BCUT2D eigenvalue weighted by molar-refractivity contribution is 0.459. The minimum Gasteiger partial charge on any atom is -0.308 e. The summed E-state index contributed by atoms with van der Waals surface area (Å²) >= 11 is 0. The number of aryl methyl sites for hydroxylation is 1. The maximum atomic E-state index is 4.45. The molecule has 90 valence electrons. The summed E-state index contributed by atoms with van der Waals surface area (Å²) in [7, 11) is 0. The van der Waals surface area contributed by atoms with Crippen LogP contribution in [0.4, 0.5) is 0 Å². The second kappa shape index (κ2) is 7.39. The van der Waals surface area contributed by atoms with E-state index in [2.05, 4.69) is 43.2 Å². The lowest BCUT2D eigenvalue weighted by Gasteiger charge is -2.15. The first-order valence-electron chi connectivity index (χ1n) is 6.47. The third-order valence-corrected chi connectivity index (χ3v) is 3.00. The summed E-state index contributed by atoms with van der Waals surface area (Å²) < 4.78 is 0. The highest BCUT2D eigenvalue weighted by Crippen LogP contribution is 2.04. The molecule has 1 heterocycles. The zero-order valence-electron chi connectivity index (χ0n) is 10.8. The van der Waals surface area contributed by atoms with Crippen LogP contribution in [0.3, 0.4) is 0 Å². The van der Waals surface area contributed by atoms with E-state index < -0.39 is 0 Å². The highest BCUT2D eigenvalue weighted by atomic mass is 14.9. The summed E-state index contributed by atoms with van der Waals surface area (Å²) in [5.74, 6) is 0. The molecule has 0 spiro atoms. The molecule has 0 radical (unpaired) electrons. The number of rotatable bonds is 7. The van der Waals surface area contributed by atoms with Gasteiger partial charge in [-0.3, -0.25) is 4.98 Å². The van der Waals surface area contributed by atoms with Gasteiger partial charge in [-0.15, -0.1) is 0 Å². The van der Waals surface area contributed by atoms with Crippen molar-refractivity contribution < 1.29 is 0 Å². The van der Waals surface area contributed by atoms with Crippen LogP contribution in [0, 0.1) is 0 Å². The highest BCUT2D eigenvalue weighted by Gasteiger charge is 2.04. The van der Waals surface area contributed by atoms with Crippen LogP contribution < -0.4 is 5.32 Å². The minimum atomic E-state index is 0.637. The predicted molar refractivity (Wildman–Crippen MR) is 69.4 cm³/mol. The summed E-state index contributed by atoms with van der Waals surface area (Å²) in [6.07, 6.45) is 6.74. The summed E-state index contributed by atoms with van der Waals surface area (Å²) in [5, 5.41) is 3.56. The van der Waals surface area contributed by atoms with Crippen molar-refractivity contribution in [3.05, 3.63) is 29.6 Å². The van der Waals surface area contributed by atoms with Crippen molar-refractivity contribution >= 4 is 0 Å². The van der Waals surface area contributed by atoms with Crippen LogP contribution in [0.2, 0.25) is 0 Å². The van der Waals surface area contributed by atoms with E-state index in [1.165, 1.54) is 24.8 Å². The zero-order valence-corrected chi connectivity index (χ0v) is 10.8. The van der Waals surface area contributed by atoms with Gasteiger partial charge in [-0.05, 0) is 30.9 Å². The number of pyridine rings is 1. The Hall–Kier alpha value is -0.890. The zero-order chi connectivity index (χ0) is 11.8. The van der Waals surface area contributed by atoms with Crippen molar-refractivity contribution in [2.75, 3.05) is 0 Å². The van der Waals surface area contributed by atoms with Gasteiger partial charge in [0.15, 0.2) is 0 Å². The normalized spacial score (nSPS) is 12.7. The van der Waals surface area contributed by atoms with E-state index in [0.29, 0.717) is 6.04 Å². The first-order valence-corrected chi connectivity index (χ1v) is 6.47. The van der Waals surface area contributed by atoms with Crippen molar-refractivity contribution in [2.45, 2.75) is 59.0 Å². The second-order valence-electron chi connectivity index (χ2n) is 4.29. The number of hydrogen-bond donors (Lipinski definition) is 1. The van der Waals surface area contributed by atoms with Gasteiger partial charge in [0.25, 0.3) is 0 Å². The molecule has 0 aliphatic carbocycles. The van der Waals surface area contributed by atoms with Crippen LogP contribution in [-0.4, -0.2) is 11.0 Å². The van der Waals surface area contributed by atoms with E-state index >= 15 is 0 Å². The number of nitrogens with zero attached hydrogens (tertiary/aromatic N) is 1. The van der Waals surface area contributed by atoms with E-state index in [4.69, 9.17) is 0 Å². The van der Waals surface area contributed by atoms with Gasteiger partial charge in [-0.2, -0.15) is 0 Å². The van der Waals surface area contributed by atoms with E-state index in [1.54, 1.807) is 0 Å². The molecule has 1 aromatic rings. The van der Waals surface area contributed by atoms with Gasteiger partial charge in [0.2, 0.25) is 0 Å². The summed E-state index contributed by atoms with van der Waals surface area (Å²) in [6, 6.07) is 4.94. The molecular formula is C14H24N2. The molecule has 1 unspecified atom stereocenters. The van der Waals surface area contributed by atoms with Gasteiger partial charge in [-0.1, -0.05) is 33.3 Å². The summed E-state index contributed by atoms with van der Waals surface area (Å²) in [6.45, 7) is 7.52. The third-order valence-electron chi connectivity index (χ3n) is 3.00. The fourth-order valence-electron chi connectivity index (χ4n) is 1.82. The van der Waals surface area contributed by atoms with Crippen molar-refractivity contribution in [3.8, 4) is 0 Å². The SMILES string of the molecule is CCCC(CC)NCc1ccc(CC)cn1. The van der Waals surface area contributed by atoms with Crippen LogP contribution in [0.25, 0.3) is 0 Å². The van der Waals surface area contributed by atoms with Crippen LogP contribution in [0.1, 0.15) is 51.3 Å². The van der Waals surface area contributed by atoms with Gasteiger partial charge < -0.3 is 5.32 Å². The molecule has 0 fully saturated rings. The van der Waals surface area contributed by atoms with Crippen LogP contribution in [0.15, 0.2) is 18.3 Å². The van der Waals surface area contributed by atoms with Crippen LogP contribution in [-0.2, 0) is 13.0 Å². The van der Waals surface area contributed by atoms with Crippen LogP contribution in [0.5, 0.6) is 0 Å². The van der Waals surface area contributed by atoms with Gasteiger partial charge in [0, 0.05) is 18.8 Å². The number of aromatic nitrogens is 1. The molecule has 1 N–H and O–H groups in total. The van der Waals surface area contributed by atoms with Crippen molar-refractivity contribution in [3.63, 3.8) is 0 Å². The van der Waals surface area contributed by atoms with Crippen molar-refractivity contribution in [1.29, 1.82) is 0 Å². The summed E-state index contributed by atoms with van der Waals surface area (Å²) in [4.78, 5) is 4.45. The molecule has 16 heavy (non-hydrogen) atoms. The van der Waals surface area contributed by atoms with Crippen molar-refractivity contribution in [2.24, 2.45) is 0 Å². The Morgan fingerprint density at radius 1 is 1.25 bits per heavy atom. The van der Waals surface area contributed by atoms with Gasteiger partial charge in [-0.25, -0.2) is 0 Å². The molecule has 2 heteroatoms. The molecular weight excluding hydrogens is 196 g/mol. The van der Waals surface area contributed by atoms with E-state index in [1.807, 2.05) is 6.20 Å². The molecule has 0 bridgehead atoms. The quantitative estimate of drug-likeness (QED) is 0.762. The topological polar surface area (TPSA) is 24.9 Å². The maximum absolute atomic E-state index is 4.45. The Labute approximate surface area is 99.5 Å². The van der Waals surface area contributed by atoms with Crippen molar-refractivity contribution in [1.82, 2.24) is 10.3 Å². The number of hydrogen-bond acceptors (Lipinski definition) is 2. The van der Waals surface area contributed by atoms with Gasteiger partial charge in [0.05, 0.1) is 5.69 Å². The van der Waals surface area contributed by atoms with E-state index in [-0.39, 0.29) is 0 Å². The largest absolute Gasteiger partial charge is 0.308 e. The maximum Gasteiger partial charge on any atom is 0.0541 e. The summed E-state index contributed by atoms with van der Waals surface area (Å²) in [5.41, 5.74) is 2.45. The average Bonchev–Trinajstić information content (AvgIpc) is 2.35. The predicted octanol–water partition coefficient (Wildman–Crippen LogP) is 3.31. The van der Waals surface area contributed by atoms with E-state index in [0.717, 1.165) is 18.7 Å². The lowest BCUT2D eigenvalue weighted by Crippen LogP contribution is -2.28. The molecule has 0 saturated carbocycles. The molecule has 1 rings (SSSR count). The molecule has 2 nitrogen and oxygen atoms in total. The van der Waals surface area contributed by atoms with Gasteiger partial charge >= 0.3 is 0 Å². The average molecular weight is 220 g/mol. The lowest BCUT2D eigenvalue weighted by atomic mass is 10.1. The Kier molecular flexibility index (Phi) is 6.09. The fourth-order valence-corrected chi connectivity index (χ4v) is 1.82. The monoisotopic (exact) mass is 220 g/mol. The van der Waals surface area contributed by atoms with Crippen LogP contribution >= 0.6 is 0 Å². The van der Waals surface area contributed by atoms with E-state index in [9.17, 15) is 0 Å². The number of nitrogens with one attached hydrogen (secondary N) is 1. The highest BCUT2D eigenvalue weighted by molar-refractivity contribution is 5.13.